The lowest BCUT2D eigenvalue weighted by molar-refractivity contribution is -0.880. The second-order valence-electron chi connectivity index (χ2n) is 9.18. The number of amides is 1. The highest BCUT2D eigenvalue weighted by molar-refractivity contribution is 5.70. The molecule has 0 saturated heterocycles. The van der Waals surface area contributed by atoms with Crippen LogP contribution in [0.2, 0.25) is 0 Å². The van der Waals surface area contributed by atoms with E-state index in [9.17, 15) is 4.79 Å². The molecule has 0 aliphatic carbocycles. The molecule has 0 fully saturated rings. The minimum Gasteiger partial charge on any atom is -0.441 e. The topological polar surface area (TPSA) is 50.7 Å². The van der Waals surface area contributed by atoms with Crippen LogP contribution in [0.4, 0.5) is 4.79 Å². The number of hydrogen-bond donors (Lipinski definition) is 1. The van der Waals surface area contributed by atoms with E-state index in [4.69, 9.17) is 4.74 Å². The monoisotopic (exact) mass is 440 g/mol. The Morgan fingerprint density at radius 1 is 0.788 bits per heavy atom. The molecule has 4 rings (SSSR count). The predicted molar refractivity (Wildman–Crippen MR) is 131 cm³/mol. The van der Waals surface area contributed by atoms with Gasteiger partial charge >= 0.3 is 6.09 Å². The smallest absolute Gasteiger partial charge is 0.441 e. The van der Waals surface area contributed by atoms with Gasteiger partial charge in [-0.1, -0.05) is 91.0 Å². The number of aliphatic imine (C=N–C) groups is 1. The van der Waals surface area contributed by atoms with Crippen LogP contribution in [-0.4, -0.2) is 22.6 Å². The summed E-state index contributed by atoms with van der Waals surface area (Å²) in [4.78, 5) is 17.8. The SMILES string of the molecule is CC1=CN=C[N@+]1(NC(=O)OC(C)(C)C)C(c1ccccc1)(c1ccccc1)c1ccccc1. The molecular formula is C28H30N3O2+. The summed E-state index contributed by atoms with van der Waals surface area (Å²) in [6, 6.07) is 30.7. The van der Waals surface area contributed by atoms with E-state index in [0.717, 1.165) is 22.4 Å². The van der Waals surface area contributed by atoms with E-state index >= 15 is 0 Å². The van der Waals surface area contributed by atoms with Gasteiger partial charge in [0.15, 0.2) is 5.70 Å². The molecular weight excluding hydrogens is 410 g/mol. The number of carbonyl (C=O) groups is 1. The summed E-state index contributed by atoms with van der Waals surface area (Å²) in [7, 11) is 0. The van der Waals surface area contributed by atoms with Crippen molar-refractivity contribution in [2.24, 2.45) is 4.99 Å². The van der Waals surface area contributed by atoms with Crippen molar-refractivity contribution >= 4 is 12.4 Å². The summed E-state index contributed by atoms with van der Waals surface area (Å²) < 4.78 is 5.67. The maximum Gasteiger partial charge on any atom is 0.453 e. The van der Waals surface area contributed by atoms with Crippen molar-refractivity contribution in [1.82, 2.24) is 5.43 Å². The maximum atomic E-state index is 13.3. The number of benzene rings is 3. The van der Waals surface area contributed by atoms with Crippen molar-refractivity contribution in [3.05, 3.63) is 120 Å². The molecule has 0 saturated carbocycles. The zero-order valence-electron chi connectivity index (χ0n) is 19.5. The minimum absolute atomic E-state index is 0.0556. The first-order chi connectivity index (χ1) is 15.8. The largest absolute Gasteiger partial charge is 0.453 e. The molecule has 1 aliphatic heterocycles. The summed E-state index contributed by atoms with van der Waals surface area (Å²) in [5, 5.41) is 0. The number of nitrogens with zero attached hydrogens (tertiary/aromatic N) is 2. The van der Waals surface area contributed by atoms with Crippen molar-refractivity contribution in [2.75, 3.05) is 0 Å². The Hall–Kier alpha value is -3.70. The van der Waals surface area contributed by atoms with Crippen molar-refractivity contribution in [3.8, 4) is 0 Å². The standard InChI is InChI=1S/C28H29N3O2/c1-22-20-29-21-31(22,30-26(32)33-27(2,3)4)28(23-14-8-5-9-15-23,24-16-10-6-11-17-24)25-18-12-7-13-19-25/h5-21H,1-4H3/p+1/t31-/m1/s1. The first-order valence-electron chi connectivity index (χ1n) is 11.1. The van der Waals surface area contributed by atoms with Crippen LogP contribution in [0.15, 0.2) is 108 Å². The fourth-order valence-corrected chi connectivity index (χ4v) is 4.57. The first-order valence-corrected chi connectivity index (χ1v) is 11.1. The molecule has 5 nitrogen and oxygen atoms in total. The van der Waals surface area contributed by atoms with Crippen LogP contribution in [0.3, 0.4) is 0 Å². The molecule has 3 aromatic rings. The van der Waals surface area contributed by atoms with Gasteiger partial charge < -0.3 is 4.74 Å². The Morgan fingerprint density at radius 3 is 1.55 bits per heavy atom. The zero-order chi connectivity index (χ0) is 23.5. The fraction of sp³-hybridized carbons (Fsp3) is 0.214. The average Bonchev–Trinajstić information content (AvgIpc) is 3.16. The van der Waals surface area contributed by atoms with Crippen molar-refractivity contribution in [3.63, 3.8) is 0 Å². The van der Waals surface area contributed by atoms with Gasteiger partial charge in [-0.2, -0.15) is 5.43 Å². The van der Waals surface area contributed by atoms with Gasteiger partial charge in [-0.3, -0.25) is 0 Å². The van der Waals surface area contributed by atoms with Gasteiger partial charge in [0.05, 0.1) is 6.20 Å². The van der Waals surface area contributed by atoms with Crippen LogP contribution in [0.25, 0.3) is 0 Å². The van der Waals surface area contributed by atoms with Gasteiger partial charge in [0.2, 0.25) is 11.9 Å². The van der Waals surface area contributed by atoms with Gasteiger partial charge in [-0.05, 0) is 20.8 Å². The summed E-state index contributed by atoms with van der Waals surface area (Å²) in [5.74, 6) is 0. The summed E-state index contributed by atoms with van der Waals surface area (Å²) in [5.41, 5.74) is 5.59. The maximum absolute atomic E-state index is 13.3. The highest BCUT2D eigenvalue weighted by Crippen LogP contribution is 2.48. The second-order valence-corrected chi connectivity index (χ2v) is 9.18. The Morgan fingerprint density at radius 2 is 1.21 bits per heavy atom. The van der Waals surface area contributed by atoms with E-state index in [1.807, 2.05) is 82.3 Å². The lowest BCUT2D eigenvalue weighted by Gasteiger charge is -2.48. The molecule has 0 unspecified atom stereocenters. The fourth-order valence-electron chi connectivity index (χ4n) is 4.57. The van der Waals surface area contributed by atoms with E-state index in [2.05, 4.69) is 46.8 Å². The van der Waals surface area contributed by atoms with E-state index in [1.54, 1.807) is 12.5 Å². The third-order valence-electron chi connectivity index (χ3n) is 5.83. The molecule has 0 spiro atoms. The van der Waals surface area contributed by atoms with Gasteiger partial charge in [-0.15, -0.1) is 4.59 Å². The van der Waals surface area contributed by atoms with Crippen molar-refractivity contribution in [2.45, 2.75) is 38.8 Å². The van der Waals surface area contributed by atoms with E-state index in [-0.39, 0.29) is 4.59 Å². The van der Waals surface area contributed by atoms with Gasteiger partial charge in [-0.25, -0.2) is 9.79 Å². The molecule has 3 aromatic carbocycles. The number of nitrogens with one attached hydrogen (secondary N) is 1. The highest BCUT2D eigenvalue weighted by atomic mass is 16.6. The average molecular weight is 441 g/mol. The second kappa shape index (κ2) is 8.68. The van der Waals surface area contributed by atoms with E-state index in [0.29, 0.717) is 0 Å². The van der Waals surface area contributed by atoms with Crippen LogP contribution >= 0.6 is 0 Å². The normalized spacial score (nSPS) is 18.0. The Bertz CT molecular complexity index is 1070. The van der Waals surface area contributed by atoms with Crippen LogP contribution in [-0.2, 0) is 10.3 Å². The highest BCUT2D eigenvalue weighted by Gasteiger charge is 2.59. The lowest BCUT2D eigenvalue weighted by atomic mass is 9.74. The Balaban J connectivity index is 2.08. The number of allylic oxidation sites excluding steroid dienone is 1. The molecule has 1 N–H and O–H groups in total. The molecule has 0 radical (unpaired) electrons. The summed E-state index contributed by atoms with van der Waals surface area (Å²) in [6.07, 6.45) is 3.06. The van der Waals surface area contributed by atoms with Gasteiger partial charge in [0.25, 0.3) is 0 Å². The molecule has 0 aromatic heterocycles. The van der Waals surface area contributed by atoms with Crippen molar-refractivity contribution in [1.29, 1.82) is 0 Å². The Labute approximate surface area is 195 Å². The van der Waals surface area contributed by atoms with Crippen molar-refractivity contribution < 1.29 is 14.1 Å². The molecule has 1 amide bonds. The first kappa shape index (κ1) is 22.5. The van der Waals surface area contributed by atoms with E-state index in [1.165, 1.54) is 0 Å². The lowest BCUT2D eigenvalue weighted by Crippen LogP contribution is -2.69. The number of quaternary nitrogens is 1. The Kier molecular flexibility index (Phi) is 5.91. The van der Waals surface area contributed by atoms with Crippen LogP contribution in [0, 0.1) is 0 Å². The molecule has 168 valence electrons. The molecule has 1 aliphatic rings. The quantitative estimate of drug-likeness (QED) is 0.383. The van der Waals surface area contributed by atoms with Gasteiger partial charge in [0, 0.05) is 23.6 Å². The molecule has 5 heteroatoms. The van der Waals surface area contributed by atoms with E-state index < -0.39 is 17.2 Å². The molecule has 33 heavy (non-hydrogen) atoms. The predicted octanol–water partition coefficient (Wildman–Crippen LogP) is 6.14. The molecule has 0 bridgehead atoms. The number of carbonyl (C=O) groups excluding carboxylic acids is 1. The zero-order valence-corrected chi connectivity index (χ0v) is 19.5. The van der Waals surface area contributed by atoms with Crippen LogP contribution < -0.4 is 5.43 Å². The summed E-state index contributed by atoms with van der Waals surface area (Å²) >= 11 is 0. The third kappa shape index (κ3) is 3.96. The van der Waals surface area contributed by atoms with Crippen LogP contribution in [0.1, 0.15) is 44.4 Å². The summed E-state index contributed by atoms with van der Waals surface area (Å²) in [6.45, 7) is 7.55. The number of rotatable bonds is 5. The van der Waals surface area contributed by atoms with Gasteiger partial charge in [0.1, 0.15) is 5.60 Å². The van der Waals surface area contributed by atoms with Crippen LogP contribution in [0.5, 0.6) is 0 Å². The third-order valence-corrected chi connectivity index (χ3v) is 5.83. The molecule has 1 atom stereocenters. The minimum atomic E-state index is -0.860. The number of ether oxygens (including phenoxy) is 1. The molecule has 1 heterocycles. The number of hydrogen-bond acceptors (Lipinski definition) is 3.